The van der Waals surface area contributed by atoms with Crippen molar-refractivity contribution in [1.82, 2.24) is 15.2 Å². The van der Waals surface area contributed by atoms with E-state index < -0.39 is 0 Å². The van der Waals surface area contributed by atoms with Gasteiger partial charge in [0, 0.05) is 6.20 Å². The summed E-state index contributed by atoms with van der Waals surface area (Å²) in [6.07, 6.45) is 1.79. The Kier molecular flexibility index (Phi) is 5.24. The Bertz CT molecular complexity index is 1160. The van der Waals surface area contributed by atoms with Crippen LogP contribution in [0, 0.1) is 18.3 Å². The van der Waals surface area contributed by atoms with Crippen LogP contribution in [0.5, 0.6) is 0 Å². The Hall–Kier alpha value is -2.95. The van der Waals surface area contributed by atoms with Gasteiger partial charge in [-0.2, -0.15) is 10.4 Å². The minimum Gasteiger partial charge on any atom is -0.364 e. The van der Waals surface area contributed by atoms with Crippen LogP contribution in [0.4, 0.5) is 5.82 Å². The fourth-order valence-electron chi connectivity index (χ4n) is 2.99. The molecule has 0 spiro atoms. The highest BCUT2D eigenvalue weighted by atomic mass is 79.9. The van der Waals surface area contributed by atoms with Crippen molar-refractivity contribution in [3.8, 4) is 27.8 Å². The van der Waals surface area contributed by atoms with E-state index in [9.17, 15) is 0 Å². The molecular weight excluding hydrogens is 434 g/mol. The lowest BCUT2D eigenvalue weighted by atomic mass is 9.99. The fraction of sp³-hybridized carbons (Fsp3) is 0.0952. The van der Waals surface area contributed by atoms with E-state index in [1.54, 1.807) is 17.5 Å². The first kappa shape index (κ1) is 18.4. The van der Waals surface area contributed by atoms with Crippen LogP contribution in [0.3, 0.4) is 0 Å². The van der Waals surface area contributed by atoms with Crippen LogP contribution in [-0.2, 0) is 6.54 Å². The zero-order valence-electron chi connectivity index (χ0n) is 15.0. The molecule has 0 aliphatic rings. The third kappa shape index (κ3) is 3.70. The molecular formula is C21H16BrN5S. The van der Waals surface area contributed by atoms with E-state index in [1.165, 1.54) is 0 Å². The molecule has 1 aromatic carbocycles. The molecule has 3 heterocycles. The van der Waals surface area contributed by atoms with Gasteiger partial charge in [-0.3, -0.25) is 5.10 Å². The van der Waals surface area contributed by atoms with Crippen LogP contribution in [0.2, 0.25) is 0 Å². The van der Waals surface area contributed by atoms with E-state index in [0.717, 1.165) is 43.2 Å². The van der Waals surface area contributed by atoms with E-state index in [0.29, 0.717) is 12.1 Å². The number of nitrogens with one attached hydrogen (secondary N) is 2. The highest BCUT2D eigenvalue weighted by Crippen LogP contribution is 2.32. The highest BCUT2D eigenvalue weighted by Gasteiger charge is 2.13. The van der Waals surface area contributed by atoms with Gasteiger partial charge in [0.2, 0.25) is 0 Å². The van der Waals surface area contributed by atoms with Crippen molar-refractivity contribution >= 4 is 33.1 Å². The summed E-state index contributed by atoms with van der Waals surface area (Å²) in [4.78, 5) is 5.54. The Balaban J connectivity index is 1.53. The van der Waals surface area contributed by atoms with Crippen LogP contribution in [0.1, 0.15) is 16.8 Å². The molecule has 0 atom stereocenters. The van der Waals surface area contributed by atoms with Crippen molar-refractivity contribution in [3.05, 3.63) is 75.3 Å². The monoisotopic (exact) mass is 449 g/mol. The number of pyridine rings is 1. The summed E-state index contributed by atoms with van der Waals surface area (Å²) in [5, 5.41) is 21.9. The molecule has 0 aliphatic carbocycles. The number of thiophene rings is 1. The van der Waals surface area contributed by atoms with Crippen molar-refractivity contribution in [3.63, 3.8) is 0 Å². The van der Waals surface area contributed by atoms with Crippen LogP contribution in [-0.4, -0.2) is 15.2 Å². The quantitative estimate of drug-likeness (QED) is 0.406. The van der Waals surface area contributed by atoms with E-state index in [4.69, 9.17) is 5.26 Å². The van der Waals surface area contributed by atoms with Crippen molar-refractivity contribution in [2.75, 3.05) is 5.32 Å². The normalized spacial score (nSPS) is 10.6. The average molecular weight is 450 g/mol. The van der Waals surface area contributed by atoms with Gasteiger partial charge in [-0.1, -0.05) is 12.1 Å². The number of anilines is 1. The molecule has 3 aromatic heterocycles. The molecule has 0 saturated carbocycles. The molecule has 0 aliphatic heterocycles. The Morgan fingerprint density at radius 3 is 2.89 bits per heavy atom. The first-order valence-electron chi connectivity index (χ1n) is 8.63. The zero-order chi connectivity index (χ0) is 19.5. The van der Waals surface area contributed by atoms with Crippen molar-refractivity contribution in [2.45, 2.75) is 13.5 Å². The molecule has 2 N–H and O–H groups in total. The molecule has 28 heavy (non-hydrogen) atoms. The Morgan fingerprint density at radius 1 is 1.25 bits per heavy atom. The van der Waals surface area contributed by atoms with Crippen LogP contribution in [0.25, 0.3) is 21.7 Å². The van der Waals surface area contributed by atoms with Gasteiger partial charge in [0.25, 0.3) is 0 Å². The van der Waals surface area contributed by atoms with Gasteiger partial charge in [0.15, 0.2) is 0 Å². The second-order valence-corrected chi connectivity index (χ2v) is 8.01. The molecule has 0 saturated heterocycles. The third-order valence-electron chi connectivity index (χ3n) is 4.40. The summed E-state index contributed by atoms with van der Waals surface area (Å²) in [5.41, 5.74) is 5.76. The molecule has 4 rings (SSSR count). The predicted octanol–water partition coefficient (Wildman–Crippen LogP) is 5.75. The average Bonchev–Trinajstić information content (AvgIpc) is 3.36. The molecule has 0 fully saturated rings. The Labute approximate surface area is 175 Å². The lowest BCUT2D eigenvalue weighted by Gasteiger charge is -2.09. The summed E-state index contributed by atoms with van der Waals surface area (Å²) in [6, 6.07) is 15.9. The van der Waals surface area contributed by atoms with Crippen molar-refractivity contribution in [2.24, 2.45) is 0 Å². The third-order valence-corrected chi connectivity index (χ3v) is 6.13. The first-order chi connectivity index (χ1) is 13.7. The second kappa shape index (κ2) is 7.97. The summed E-state index contributed by atoms with van der Waals surface area (Å²) < 4.78 is 0.960. The number of rotatable bonds is 5. The second-order valence-electron chi connectivity index (χ2n) is 6.27. The van der Waals surface area contributed by atoms with Crippen LogP contribution >= 0.6 is 27.3 Å². The highest BCUT2D eigenvalue weighted by molar-refractivity contribution is 9.10. The fourth-order valence-corrected chi connectivity index (χ4v) is 4.37. The largest absolute Gasteiger partial charge is 0.364 e. The predicted molar refractivity (Wildman–Crippen MR) is 116 cm³/mol. The van der Waals surface area contributed by atoms with E-state index in [-0.39, 0.29) is 0 Å². The topological polar surface area (TPSA) is 77.4 Å². The smallest absolute Gasteiger partial charge is 0.126 e. The number of hydrogen-bond donors (Lipinski definition) is 2. The van der Waals surface area contributed by atoms with E-state index in [1.807, 2.05) is 54.8 Å². The van der Waals surface area contributed by atoms with Gasteiger partial charge in [0.1, 0.15) is 11.5 Å². The number of benzene rings is 1. The number of nitriles is 1. The summed E-state index contributed by atoms with van der Waals surface area (Å²) in [6.45, 7) is 2.58. The number of aromatic nitrogens is 3. The lowest BCUT2D eigenvalue weighted by molar-refractivity contribution is 0.973. The summed E-state index contributed by atoms with van der Waals surface area (Å²) >= 11 is 5.30. The van der Waals surface area contributed by atoms with E-state index >= 15 is 0 Å². The summed E-state index contributed by atoms with van der Waals surface area (Å²) in [5.74, 6) is 0.778. The summed E-state index contributed by atoms with van der Waals surface area (Å²) in [7, 11) is 0. The lowest BCUT2D eigenvalue weighted by Crippen LogP contribution is -2.02. The number of nitrogens with zero attached hydrogens (tertiary/aromatic N) is 3. The van der Waals surface area contributed by atoms with E-state index in [2.05, 4.69) is 42.5 Å². The molecule has 4 aromatic rings. The maximum atomic E-state index is 9.05. The molecule has 5 nitrogen and oxygen atoms in total. The van der Waals surface area contributed by atoms with Gasteiger partial charge < -0.3 is 5.32 Å². The number of aryl methyl sites for hydroxylation is 1. The van der Waals surface area contributed by atoms with Crippen molar-refractivity contribution in [1.29, 1.82) is 5.26 Å². The minimum atomic E-state index is 0.571. The SMILES string of the molecule is Cc1cc(C#N)ccc1-c1ccnc(NCc2[nH]nc(-c3cccs3)c2Br)c1. The van der Waals surface area contributed by atoms with Crippen LogP contribution < -0.4 is 5.32 Å². The van der Waals surface area contributed by atoms with Gasteiger partial charge in [-0.25, -0.2) is 4.98 Å². The number of halogens is 1. The number of H-pyrrole nitrogens is 1. The minimum absolute atomic E-state index is 0.571. The zero-order valence-corrected chi connectivity index (χ0v) is 17.4. The maximum Gasteiger partial charge on any atom is 0.126 e. The van der Waals surface area contributed by atoms with Gasteiger partial charge in [-0.15, -0.1) is 11.3 Å². The molecule has 0 unspecified atom stereocenters. The molecule has 0 amide bonds. The number of hydrogen-bond acceptors (Lipinski definition) is 5. The molecule has 138 valence electrons. The Morgan fingerprint density at radius 2 is 2.14 bits per heavy atom. The molecule has 7 heteroatoms. The maximum absolute atomic E-state index is 9.05. The number of aromatic amines is 1. The van der Waals surface area contributed by atoms with Crippen LogP contribution in [0.15, 0.2) is 58.5 Å². The molecule has 0 bridgehead atoms. The molecule has 0 radical (unpaired) electrons. The first-order valence-corrected chi connectivity index (χ1v) is 10.3. The standard InChI is InChI=1S/C21H16BrN5S/c1-13-9-14(11-23)4-5-16(13)15-6-7-24-19(10-15)25-12-17-20(22)21(27-26-17)18-3-2-8-28-18/h2-10H,12H2,1H3,(H,24,25)(H,26,27). The van der Waals surface area contributed by atoms with Gasteiger partial charge in [-0.05, 0) is 75.3 Å². The van der Waals surface area contributed by atoms with Gasteiger partial charge >= 0.3 is 0 Å². The van der Waals surface area contributed by atoms with Gasteiger partial charge in [0.05, 0.1) is 33.2 Å². The van der Waals surface area contributed by atoms with Crippen molar-refractivity contribution < 1.29 is 0 Å².